The number of hydrogen-bond acceptors (Lipinski definition) is 5. The molecule has 234 valence electrons. The molecule has 7 nitrogen and oxygen atoms in total. The molecule has 0 bridgehead atoms. The molecule has 6 rings (SSSR count). The van der Waals surface area contributed by atoms with Crippen LogP contribution in [0, 0.1) is 5.92 Å². The van der Waals surface area contributed by atoms with Crippen LogP contribution < -0.4 is 15.0 Å². The molecule has 0 spiro atoms. The van der Waals surface area contributed by atoms with Gasteiger partial charge in [-0.15, -0.1) is 12.4 Å². The maximum Gasteiger partial charge on any atom is 0.266 e. The van der Waals surface area contributed by atoms with Gasteiger partial charge in [0.1, 0.15) is 5.75 Å². The molecule has 1 N–H and O–H groups in total. The monoisotopic (exact) mass is 616 g/mol. The van der Waals surface area contributed by atoms with Crippen LogP contribution in [-0.2, 0) is 16.1 Å². The molecule has 2 saturated heterocycles. The SMILES string of the molecule is CC(C)(Oc1cccc(N2CCC[C@@H](C(=O)N(Cc3ccc(-c4ccccc4)cc3)C3CC3)C2)c1)C(=O)N1CCNCC1.Cl. The molecule has 3 aliphatic rings. The van der Waals surface area contributed by atoms with E-state index in [-0.39, 0.29) is 30.1 Å². The summed E-state index contributed by atoms with van der Waals surface area (Å²) in [7, 11) is 0. The molecule has 0 aromatic heterocycles. The molecule has 3 aromatic rings. The van der Waals surface area contributed by atoms with Gasteiger partial charge in [0.25, 0.3) is 5.91 Å². The first-order chi connectivity index (χ1) is 20.9. The van der Waals surface area contributed by atoms with Crippen molar-refractivity contribution in [2.24, 2.45) is 5.92 Å². The normalized spacial score (nSPS) is 18.7. The van der Waals surface area contributed by atoms with E-state index in [1.807, 2.05) is 43.0 Å². The first kappa shape index (κ1) is 31.9. The molecule has 3 aromatic carbocycles. The number of halogens is 1. The molecule has 0 unspecified atom stereocenters. The Morgan fingerprint density at radius 1 is 0.886 bits per heavy atom. The van der Waals surface area contributed by atoms with Crippen molar-refractivity contribution in [3.05, 3.63) is 84.4 Å². The quantitative estimate of drug-likeness (QED) is 0.331. The van der Waals surface area contributed by atoms with Gasteiger partial charge in [0.2, 0.25) is 5.91 Å². The van der Waals surface area contributed by atoms with Crippen LogP contribution in [0.3, 0.4) is 0 Å². The van der Waals surface area contributed by atoms with Crippen LogP contribution in [0.5, 0.6) is 5.75 Å². The predicted molar refractivity (Wildman–Crippen MR) is 178 cm³/mol. The Balaban J connectivity index is 0.00000384. The molecule has 1 saturated carbocycles. The minimum Gasteiger partial charge on any atom is -0.478 e. The van der Waals surface area contributed by atoms with Gasteiger partial charge >= 0.3 is 0 Å². The number of hydrogen-bond donors (Lipinski definition) is 1. The number of piperidine rings is 1. The lowest BCUT2D eigenvalue weighted by Gasteiger charge is -2.37. The number of piperazine rings is 1. The average Bonchev–Trinajstić information content (AvgIpc) is 3.90. The fraction of sp³-hybridized carbons (Fsp3) is 0.444. The van der Waals surface area contributed by atoms with Gasteiger partial charge in [0, 0.05) is 63.6 Å². The summed E-state index contributed by atoms with van der Waals surface area (Å²) in [4.78, 5) is 33.5. The molecule has 3 fully saturated rings. The molecule has 2 amide bonds. The summed E-state index contributed by atoms with van der Waals surface area (Å²) in [5.74, 6) is 0.929. The van der Waals surface area contributed by atoms with Crippen molar-refractivity contribution >= 4 is 29.9 Å². The maximum atomic E-state index is 14.0. The highest BCUT2D eigenvalue weighted by molar-refractivity contribution is 5.85. The minimum absolute atomic E-state index is 0. The summed E-state index contributed by atoms with van der Waals surface area (Å²) in [6.07, 6.45) is 4.06. The highest BCUT2D eigenvalue weighted by Crippen LogP contribution is 2.34. The van der Waals surface area contributed by atoms with Crippen LogP contribution in [0.1, 0.15) is 45.1 Å². The van der Waals surface area contributed by atoms with Gasteiger partial charge in [-0.3, -0.25) is 9.59 Å². The number of nitrogens with zero attached hydrogens (tertiary/aromatic N) is 3. The Morgan fingerprint density at radius 2 is 1.59 bits per heavy atom. The fourth-order valence-corrected chi connectivity index (χ4v) is 6.38. The maximum absolute atomic E-state index is 14.0. The number of ether oxygens (including phenoxy) is 1. The zero-order valence-corrected chi connectivity index (χ0v) is 26.7. The molecule has 2 heterocycles. The lowest BCUT2D eigenvalue weighted by atomic mass is 9.95. The first-order valence-corrected chi connectivity index (χ1v) is 15.9. The molecule has 8 heteroatoms. The predicted octanol–water partition coefficient (Wildman–Crippen LogP) is 5.77. The summed E-state index contributed by atoms with van der Waals surface area (Å²) < 4.78 is 6.29. The Hall–Kier alpha value is -3.55. The summed E-state index contributed by atoms with van der Waals surface area (Å²) in [5.41, 5.74) is 3.65. The Morgan fingerprint density at radius 3 is 2.30 bits per heavy atom. The number of benzene rings is 3. The van der Waals surface area contributed by atoms with Crippen molar-refractivity contribution in [1.29, 1.82) is 0 Å². The molecular formula is C36H45ClN4O3. The third kappa shape index (κ3) is 7.56. The Kier molecular flexibility index (Phi) is 10.2. The van der Waals surface area contributed by atoms with E-state index < -0.39 is 5.60 Å². The number of anilines is 1. The third-order valence-electron chi connectivity index (χ3n) is 8.93. The van der Waals surface area contributed by atoms with Crippen LogP contribution in [0.25, 0.3) is 11.1 Å². The molecular weight excluding hydrogens is 572 g/mol. The van der Waals surface area contributed by atoms with Gasteiger partial charge < -0.3 is 24.8 Å². The van der Waals surface area contributed by atoms with E-state index in [0.29, 0.717) is 38.0 Å². The summed E-state index contributed by atoms with van der Waals surface area (Å²) in [6.45, 7) is 8.98. The lowest BCUT2D eigenvalue weighted by molar-refractivity contribution is -0.146. The second-order valence-corrected chi connectivity index (χ2v) is 12.7. The van der Waals surface area contributed by atoms with Crippen LogP contribution in [0.2, 0.25) is 0 Å². The van der Waals surface area contributed by atoms with Crippen molar-refractivity contribution < 1.29 is 14.3 Å². The van der Waals surface area contributed by atoms with Gasteiger partial charge in [-0.25, -0.2) is 0 Å². The Bertz CT molecular complexity index is 1400. The van der Waals surface area contributed by atoms with E-state index in [1.165, 1.54) is 16.7 Å². The lowest BCUT2D eigenvalue weighted by Crippen LogP contribution is -2.54. The number of rotatable bonds is 9. The highest BCUT2D eigenvalue weighted by atomic mass is 35.5. The van der Waals surface area contributed by atoms with Crippen LogP contribution in [0.15, 0.2) is 78.9 Å². The summed E-state index contributed by atoms with van der Waals surface area (Å²) in [5, 5.41) is 3.29. The number of nitrogens with one attached hydrogen (secondary N) is 1. The van der Waals surface area contributed by atoms with E-state index in [0.717, 1.165) is 51.0 Å². The summed E-state index contributed by atoms with van der Waals surface area (Å²) in [6, 6.07) is 27.4. The van der Waals surface area contributed by atoms with Crippen molar-refractivity contribution in [1.82, 2.24) is 15.1 Å². The Labute approximate surface area is 268 Å². The van der Waals surface area contributed by atoms with Gasteiger partial charge in [0.05, 0.1) is 5.92 Å². The van der Waals surface area contributed by atoms with E-state index in [2.05, 4.69) is 69.7 Å². The topological polar surface area (TPSA) is 65.1 Å². The van der Waals surface area contributed by atoms with Crippen molar-refractivity contribution in [2.75, 3.05) is 44.2 Å². The average molecular weight is 617 g/mol. The zero-order valence-electron chi connectivity index (χ0n) is 25.9. The minimum atomic E-state index is -0.958. The van der Waals surface area contributed by atoms with Crippen molar-refractivity contribution in [3.63, 3.8) is 0 Å². The van der Waals surface area contributed by atoms with Gasteiger partial charge in [0.15, 0.2) is 5.60 Å². The van der Waals surface area contributed by atoms with Crippen molar-refractivity contribution in [3.8, 4) is 16.9 Å². The smallest absolute Gasteiger partial charge is 0.266 e. The largest absolute Gasteiger partial charge is 0.478 e. The van der Waals surface area contributed by atoms with Crippen LogP contribution in [-0.4, -0.2) is 72.5 Å². The van der Waals surface area contributed by atoms with Crippen LogP contribution in [0.4, 0.5) is 5.69 Å². The third-order valence-corrected chi connectivity index (χ3v) is 8.93. The number of carbonyl (C=O) groups excluding carboxylic acids is 2. The molecule has 0 radical (unpaired) electrons. The van der Waals surface area contributed by atoms with Gasteiger partial charge in [-0.05, 0) is 68.4 Å². The molecule has 1 aliphatic carbocycles. The molecule has 44 heavy (non-hydrogen) atoms. The number of carbonyl (C=O) groups is 2. The first-order valence-electron chi connectivity index (χ1n) is 15.9. The number of amides is 2. The molecule has 2 aliphatic heterocycles. The second-order valence-electron chi connectivity index (χ2n) is 12.7. The summed E-state index contributed by atoms with van der Waals surface area (Å²) >= 11 is 0. The second kappa shape index (κ2) is 14.0. The standard InChI is InChI=1S/C36H44N4O3.ClH/c1-36(2,35(42)38-22-19-37-20-23-38)43-33-12-6-11-32(24-33)39-21-7-10-30(26-39)34(41)40(31-17-18-31)25-27-13-15-29(16-14-27)28-8-4-3-5-9-28;/h3-6,8-9,11-16,24,30-31,37H,7,10,17-23,25-26H2,1-2H3;1H/t30-;/m1./s1. The van der Waals surface area contributed by atoms with Gasteiger partial charge in [-0.1, -0.05) is 60.7 Å². The van der Waals surface area contributed by atoms with Gasteiger partial charge in [-0.2, -0.15) is 0 Å². The zero-order chi connectivity index (χ0) is 29.8. The van der Waals surface area contributed by atoms with E-state index in [9.17, 15) is 9.59 Å². The molecule has 1 atom stereocenters. The van der Waals surface area contributed by atoms with Crippen LogP contribution >= 0.6 is 12.4 Å². The van der Waals surface area contributed by atoms with Crippen molar-refractivity contribution in [2.45, 2.75) is 57.7 Å². The van der Waals surface area contributed by atoms with E-state index in [4.69, 9.17) is 4.74 Å². The van der Waals surface area contributed by atoms with E-state index >= 15 is 0 Å². The highest BCUT2D eigenvalue weighted by Gasteiger charge is 2.38. The fourth-order valence-electron chi connectivity index (χ4n) is 6.38. The van der Waals surface area contributed by atoms with E-state index in [1.54, 1.807) is 0 Å².